The molecule has 0 aromatic carbocycles. The summed E-state index contributed by atoms with van der Waals surface area (Å²) in [7, 11) is 0. The third kappa shape index (κ3) is 3.35. The number of amides is 2. The molecule has 2 saturated heterocycles. The van der Waals surface area contributed by atoms with Crippen LogP contribution in [0.15, 0.2) is 0 Å². The van der Waals surface area contributed by atoms with Crippen molar-refractivity contribution in [1.29, 1.82) is 0 Å². The number of carbonyl (C=O) groups excluding carboxylic acids is 1. The van der Waals surface area contributed by atoms with E-state index in [1.165, 1.54) is 0 Å². The molecular weight excluding hydrogens is 264 g/mol. The van der Waals surface area contributed by atoms with E-state index in [1.54, 1.807) is 4.90 Å². The highest BCUT2D eigenvalue weighted by atomic mass is 32.2. The Morgan fingerprint density at radius 3 is 2.63 bits per heavy atom. The maximum Gasteiger partial charge on any atom is 0.326 e. The number of hydrogen-bond donors (Lipinski definition) is 1. The molecule has 2 aliphatic rings. The van der Waals surface area contributed by atoms with Crippen molar-refractivity contribution in [1.82, 2.24) is 9.80 Å². The summed E-state index contributed by atoms with van der Waals surface area (Å²) < 4.78 is 0. The van der Waals surface area contributed by atoms with E-state index in [4.69, 9.17) is 0 Å². The van der Waals surface area contributed by atoms with Crippen LogP contribution >= 0.6 is 11.8 Å². The summed E-state index contributed by atoms with van der Waals surface area (Å²) in [5, 5.41) is 9.74. The maximum atomic E-state index is 12.5. The number of carbonyl (C=O) groups is 2. The fourth-order valence-electron chi connectivity index (χ4n) is 2.78. The SMILES string of the molecule is CC1CCN(C(=O)N2CCSC(C)C2)C(C(=O)O)C1. The first-order valence-corrected chi connectivity index (χ1v) is 7.94. The second-order valence-electron chi connectivity index (χ2n) is 5.59. The number of rotatable bonds is 1. The highest BCUT2D eigenvalue weighted by molar-refractivity contribution is 7.99. The van der Waals surface area contributed by atoms with Crippen LogP contribution in [0.25, 0.3) is 0 Å². The highest BCUT2D eigenvalue weighted by Gasteiger charge is 2.37. The van der Waals surface area contributed by atoms with Crippen molar-refractivity contribution in [2.24, 2.45) is 5.92 Å². The normalized spacial score (nSPS) is 32.2. The van der Waals surface area contributed by atoms with Gasteiger partial charge in [0.25, 0.3) is 0 Å². The van der Waals surface area contributed by atoms with Gasteiger partial charge < -0.3 is 14.9 Å². The minimum Gasteiger partial charge on any atom is -0.480 e. The van der Waals surface area contributed by atoms with E-state index < -0.39 is 12.0 Å². The van der Waals surface area contributed by atoms with Gasteiger partial charge in [0, 0.05) is 30.6 Å². The fourth-order valence-corrected chi connectivity index (χ4v) is 3.79. The minimum absolute atomic E-state index is 0.0912. The van der Waals surface area contributed by atoms with Crippen LogP contribution in [0.3, 0.4) is 0 Å². The van der Waals surface area contributed by atoms with Crippen molar-refractivity contribution in [3.63, 3.8) is 0 Å². The lowest BCUT2D eigenvalue weighted by molar-refractivity contribution is -0.144. The number of carboxylic acid groups (broad SMARTS) is 1. The second kappa shape index (κ2) is 6.03. The Morgan fingerprint density at radius 1 is 1.26 bits per heavy atom. The number of nitrogens with zero attached hydrogens (tertiary/aromatic N) is 2. The highest BCUT2D eigenvalue weighted by Crippen LogP contribution is 2.25. The van der Waals surface area contributed by atoms with Crippen molar-refractivity contribution < 1.29 is 14.7 Å². The second-order valence-corrected chi connectivity index (χ2v) is 7.13. The largest absolute Gasteiger partial charge is 0.480 e. The number of thioether (sulfide) groups is 1. The number of piperidine rings is 1. The Balaban J connectivity index is 2.05. The van der Waals surface area contributed by atoms with Crippen LogP contribution in [-0.4, -0.2) is 63.6 Å². The third-order valence-electron chi connectivity index (χ3n) is 3.91. The fraction of sp³-hybridized carbons (Fsp3) is 0.846. The molecule has 3 atom stereocenters. The number of urea groups is 1. The van der Waals surface area contributed by atoms with Gasteiger partial charge >= 0.3 is 12.0 Å². The average Bonchev–Trinajstić information content (AvgIpc) is 2.37. The quantitative estimate of drug-likeness (QED) is 0.797. The molecule has 2 aliphatic heterocycles. The minimum atomic E-state index is -0.876. The van der Waals surface area contributed by atoms with Gasteiger partial charge in [-0.2, -0.15) is 11.8 Å². The first-order valence-electron chi connectivity index (χ1n) is 6.89. The molecule has 5 nitrogen and oxygen atoms in total. The van der Waals surface area contributed by atoms with E-state index in [-0.39, 0.29) is 6.03 Å². The van der Waals surface area contributed by atoms with Crippen molar-refractivity contribution in [3.8, 4) is 0 Å². The summed E-state index contributed by atoms with van der Waals surface area (Å²) in [5.74, 6) is 0.440. The van der Waals surface area contributed by atoms with E-state index in [9.17, 15) is 14.7 Å². The van der Waals surface area contributed by atoms with E-state index >= 15 is 0 Å². The Kier molecular flexibility index (Phi) is 4.60. The van der Waals surface area contributed by atoms with E-state index in [0.29, 0.717) is 24.1 Å². The van der Waals surface area contributed by atoms with Crippen LogP contribution in [0.2, 0.25) is 0 Å². The molecule has 108 valence electrons. The molecule has 0 aliphatic carbocycles. The average molecular weight is 286 g/mol. The summed E-state index contributed by atoms with van der Waals surface area (Å²) >= 11 is 1.86. The van der Waals surface area contributed by atoms with Gasteiger partial charge in [-0.05, 0) is 18.8 Å². The molecule has 0 aromatic heterocycles. The molecule has 0 bridgehead atoms. The van der Waals surface area contributed by atoms with Crippen LogP contribution in [0.1, 0.15) is 26.7 Å². The molecule has 1 N–H and O–H groups in total. The van der Waals surface area contributed by atoms with Gasteiger partial charge in [-0.3, -0.25) is 0 Å². The van der Waals surface area contributed by atoms with Gasteiger partial charge in [-0.15, -0.1) is 0 Å². The van der Waals surface area contributed by atoms with E-state index in [0.717, 1.165) is 25.3 Å². The Bertz CT molecular complexity index is 364. The first-order chi connectivity index (χ1) is 8.99. The van der Waals surface area contributed by atoms with Crippen molar-refractivity contribution in [2.45, 2.75) is 38.0 Å². The molecule has 0 aromatic rings. The van der Waals surface area contributed by atoms with Gasteiger partial charge in [-0.25, -0.2) is 9.59 Å². The lowest BCUT2D eigenvalue weighted by Crippen LogP contribution is -2.56. The molecule has 0 saturated carbocycles. The molecule has 19 heavy (non-hydrogen) atoms. The van der Waals surface area contributed by atoms with E-state index in [1.807, 2.05) is 16.7 Å². The van der Waals surface area contributed by atoms with Gasteiger partial charge in [0.15, 0.2) is 0 Å². The molecule has 6 heteroatoms. The molecule has 0 spiro atoms. The lowest BCUT2D eigenvalue weighted by atomic mass is 9.92. The Labute approximate surface area is 118 Å². The number of hydrogen-bond acceptors (Lipinski definition) is 3. The molecule has 2 heterocycles. The van der Waals surface area contributed by atoms with Crippen LogP contribution in [0.5, 0.6) is 0 Å². The Hall–Kier alpha value is -0.910. The monoisotopic (exact) mass is 286 g/mol. The smallest absolute Gasteiger partial charge is 0.326 e. The first kappa shape index (κ1) is 14.5. The predicted molar refractivity (Wildman–Crippen MR) is 75.4 cm³/mol. The van der Waals surface area contributed by atoms with Crippen molar-refractivity contribution >= 4 is 23.8 Å². The molecule has 0 radical (unpaired) electrons. The van der Waals surface area contributed by atoms with Gasteiger partial charge in [-0.1, -0.05) is 13.8 Å². The standard InChI is InChI=1S/C13H22N2O3S/c1-9-3-4-15(11(7-9)12(16)17)13(18)14-5-6-19-10(2)8-14/h9-11H,3-8H2,1-2H3,(H,16,17). The number of carboxylic acids is 1. The topological polar surface area (TPSA) is 60.9 Å². The molecule has 2 rings (SSSR count). The predicted octanol–water partition coefficient (Wildman–Crippen LogP) is 1.73. The summed E-state index contributed by atoms with van der Waals surface area (Å²) in [6.45, 7) is 6.18. The molecule has 2 fully saturated rings. The van der Waals surface area contributed by atoms with Crippen LogP contribution in [0, 0.1) is 5.92 Å². The molecule has 2 amide bonds. The van der Waals surface area contributed by atoms with Crippen LogP contribution < -0.4 is 0 Å². The molecule has 3 unspecified atom stereocenters. The van der Waals surface area contributed by atoms with Gasteiger partial charge in [0.05, 0.1) is 0 Å². The third-order valence-corrected chi connectivity index (χ3v) is 5.04. The molecular formula is C13H22N2O3S. The van der Waals surface area contributed by atoms with E-state index in [2.05, 4.69) is 13.8 Å². The number of likely N-dealkylation sites (tertiary alicyclic amines) is 1. The van der Waals surface area contributed by atoms with Gasteiger partial charge in [0.1, 0.15) is 6.04 Å². The number of aliphatic carboxylic acids is 1. The van der Waals surface area contributed by atoms with Crippen molar-refractivity contribution in [3.05, 3.63) is 0 Å². The summed E-state index contributed by atoms with van der Waals surface area (Å²) in [5.41, 5.74) is 0. The van der Waals surface area contributed by atoms with Gasteiger partial charge in [0.2, 0.25) is 0 Å². The van der Waals surface area contributed by atoms with Crippen LogP contribution in [0.4, 0.5) is 4.79 Å². The van der Waals surface area contributed by atoms with Crippen molar-refractivity contribution in [2.75, 3.05) is 25.4 Å². The Morgan fingerprint density at radius 2 is 2.00 bits per heavy atom. The lowest BCUT2D eigenvalue weighted by Gasteiger charge is -2.40. The summed E-state index contributed by atoms with van der Waals surface area (Å²) in [4.78, 5) is 27.2. The summed E-state index contributed by atoms with van der Waals surface area (Å²) in [6, 6.07) is -0.743. The maximum absolute atomic E-state index is 12.5. The summed E-state index contributed by atoms with van der Waals surface area (Å²) in [6.07, 6.45) is 1.47. The zero-order chi connectivity index (χ0) is 14.0. The zero-order valence-electron chi connectivity index (χ0n) is 11.5. The van der Waals surface area contributed by atoms with Crippen LogP contribution in [-0.2, 0) is 4.79 Å². The zero-order valence-corrected chi connectivity index (χ0v) is 12.4.